The Kier molecular flexibility index (Phi) is 38.6. The highest BCUT2D eigenvalue weighted by molar-refractivity contribution is 5.65. The third kappa shape index (κ3) is 29.2. The van der Waals surface area contributed by atoms with Gasteiger partial charge in [0.2, 0.25) is 0 Å². The van der Waals surface area contributed by atoms with E-state index in [2.05, 4.69) is 111 Å². The number of methoxy groups -OCH3 is 2. The van der Waals surface area contributed by atoms with Crippen LogP contribution in [-0.2, 0) is 31.0 Å². The Morgan fingerprint density at radius 2 is 0.573 bits per heavy atom. The van der Waals surface area contributed by atoms with Gasteiger partial charge in [-0.05, 0) is 223 Å². The zero-order chi connectivity index (χ0) is 70.4. The number of nitrogens with zero attached hydrogens (tertiary/aromatic N) is 6. The Balaban J connectivity index is 0.000000278. The molecule has 20 heteroatoms. The Bertz CT molecular complexity index is 3640. The van der Waals surface area contributed by atoms with Crippen LogP contribution in [-0.4, -0.2) is 158 Å². The lowest BCUT2D eigenvalue weighted by atomic mass is 10.1. The summed E-state index contributed by atoms with van der Waals surface area (Å²) in [5, 5.41) is 31.2. The van der Waals surface area contributed by atoms with E-state index in [-0.39, 0.29) is 28.9 Å². The molecule has 0 atom stereocenters. The molecule has 0 unspecified atom stereocenters. The topological polar surface area (TPSA) is 208 Å². The normalized spacial score (nSPS) is 10.7. The number of benzene rings is 7. The molecule has 3 heterocycles. The highest BCUT2D eigenvalue weighted by Gasteiger charge is 2.15. The third-order valence-corrected chi connectivity index (χ3v) is 16.1. The van der Waals surface area contributed by atoms with Crippen LogP contribution in [0.2, 0.25) is 0 Å². The highest BCUT2D eigenvalue weighted by Crippen LogP contribution is 2.30. The lowest BCUT2D eigenvalue weighted by molar-refractivity contribution is 0.146. The maximum atomic E-state index is 9.06. The maximum absolute atomic E-state index is 9.06. The average Bonchev–Trinajstić information content (AvgIpc) is 1.74. The molecule has 0 saturated heterocycles. The summed E-state index contributed by atoms with van der Waals surface area (Å²) >= 11 is 0. The van der Waals surface area contributed by atoms with Gasteiger partial charge in [-0.2, -0.15) is 15.3 Å². The van der Waals surface area contributed by atoms with Gasteiger partial charge in [-0.1, -0.05) is 74.4 Å². The van der Waals surface area contributed by atoms with Crippen molar-refractivity contribution in [2.75, 3.05) is 108 Å². The summed E-state index contributed by atoms with van der Waals surface area (Å²) < 4.78 is 56.3. The van der Waals surface area contributed by atoms with E-state index >= 15 is 0 Å². The van der Waals surface area contributed by atoms with Gasteiger partial charge in [0.1, 0.15) is 104 Å². The van der Waals surface area contributed by atoms with Gasteiger partial charge in [0.05, 0.1) is 56.0 Å². The average molecular weight is 1410 g/mol. The molecule has 10 aromatic rings. The number of aliphatic hydroxyl groups excluding tert-OH is 1. The van der Waals surface area contributed by atoms with Gasteiger partial charge in [0.25, 0.3) is 0 Å². The van der Waals surface area contributed by atoms with E-state index < -0.39 is 0 Å². The zero-order valence-corrected chi connectivity index (χ0v) is 59.5. The van der Waals surface area contributed by atoms with Crippen molar-refractivity contribution in [2.45, 2.75) is 108 Å². The number of aromatic amines is 3. The fourth-order valence-electron chi connectivity index (χ4n) is 10.5. The minimum Gasteiger partial charge on any atom is -0.497 e. The quantitative estimate of drug-likeness (QED) is 0.0263. The first-order chi connectivity index (χ1) is 49.0. The van der Waals surface area contributed by atoms with Crippen LogP contribution >= 0.6 is 0 Å². The van der Waals surface area contributed by atoms with Gasteiger partial charge in [0, 0.05) is 60.1 Å². The molecule has 103 heavy (non-hydrogen) atoms. The summed E-state index contributed by atoms with van der Waals surface area (Å²) in [4.78, 5) is 6.99. The summed E-state index contributed by atoms with van der Waals surface area (Å²) in [7, 11) is 9.74. The summed E-state index contributed by atoms with van der Waals surface area (Å²) in [6, 6.07) is 54.1. The van der Waals surface area contributed by atoms with Crippen LogP contribution < -0.4 is 42.6 Å². The van der Waals surface area contributed by atoms with E-state index in [0.717, 1.165) is 136 Å². The van der Waals surface area contributed by atoms with E-state index in [1.165, 1.54) is 55.2 Å². The predicted octanol–water partition coefficient (Wildman–Crippen LogP) is 17.5. The first kappa shape index (κ1) is 83.8. The molecule has 556 valence electrons. The van der Waals surface area contributed by atoms with Crippen molar-refractivity contribution in [3.8, 4) is 91.3 Å². The Hall–Kier alpha value is -9.83. The summed E-state index contributed by atoms with van der Waals surface area (Å²) in [6.45, 7) is 16.3. The number of unbranched alkanes of at least 4 members (excludes halogenated alkanes) is 3. The summed E-state index contributed by atoms with van der Waals surface area (Å²) in [5.41, 5.74) is 10.9. The molecule has 0 aliphatic heterocycles. The van der Waals surface area contributed by atoms with Crippen molar-refractivity contribution in [1.82, 2.24) is 45.3 Å². The third-order valence-electron chi connectivity index (χ3n) is 16.1. The molecular formula is C83H113N9O11. The standard InChI is InChI=1S/C32H39N3O5.2C24H31N3O3.3CH4/c1-4-5-18-35(2)24-26-23-33-34-32(26)25-6-8-27(9-7-25)38-21-22-39-29-12-16-31(17-13-29)40-30-14-10-28(11-15-30)37-20-19-36-3;1-4-5-14-27(2)18-20-17-25-26-24(20)19-6-8-22(9-7-19)29-15-16-30-23-12-10-21(28-3)11-13-23;1-3-4-13-27(2)17-21-16-25-26-24(21)20-7-11-23(12-8-20)30-15-14-29-22-9-5-19(18-28)6-10-22;;;/h6-17,23H,4-5,18-22,24H2,1-3H3,(H,33,34);6-13,17H,4-5,14-16,18H2,1-3H3,(H,25,26);5-12,16,28H,3-4,13-15,17-18H2,1-2H3,(H,25,26);3*1H4. The highest BCUT2D eigenvalue weighted by atomic mass is 16.5. The van der Waals surface area contributed by atoms with E-state index in [1.54, 1.807) is 14.2 Å². The van der Waals surface area contributed by atoms with Crippen molar-refractivity contribution in [2.24, 2.45) is 0 Å². The minimum atomic E-state index is 0. The van der Waals surface area contributed by atoms with Crippen molar-refractivity contribution < 1.29 is 52.5 Å². The molecule has 20 nitrogen and oxygen atoms in total. The first-order valence-corrected chi connectivity index (χ1v) is 34.6. The monoisotopic (exact) mass is 1410 g/mol. The predicted molar refractivity (Wildman–Crippen MR) is 415 cm³/mol. The fraction of sp³-hybridized carbons (Fsp3) is 0.386. The number of hydrogen-bond acceptors (Lipinski definition) is 17. The number of rotatable bonds is 41. The van der Waals surface area contributed by atoms with E-state index in [4.69, 9.17) is 52.5 Å². The Morgan fingerprint density at radius 1 is 0.330 bits per heavy atom. The fourth-order valence-corrected chi connectivity index (χ4v) is 10.5. The van der Waals surface area contributed by atoms with Crippen molar-refractivity contribution >= 4 is 0 Å². The van der Waals surface area contributed by atoms with E-state index in [1.807, 2.05) is 164 Å². The van der Waals surface area contributed by atoms with Crippen LogP contribution in [0.5, 0.6) is 57.5 Å². The zero-order valence-electron chi connectivity index (χ0n) is 59.5. The smallest absolute Gasteiger partial charge is 0.127 e. The number of aliphatic hydroxyl groups is 1. The minimum absolute atomic E-state index is 0. The van der Waals surface area contributed by atoms with E-state index in [0.29, 0.717) is 52.9 Å². The molecular weight excluding hydrogens is 1300 g/mol. The number of nitrogens with one attached hydrogen (secondary N) is 3. The maximum Gasteiger partial charge on any atom is 0.127 e. The van der Waals surface area contributed by atoms with Crippen LogP contribution in [0.25, 0.3) is 33.8 Å². The van der Waals surface area contributed by atoms with E-state index in [9.17, 15) is 0 Å². The molecule has 0 saturated carbocycles. The molecule has 0 amide bonds. The molecule has 7 aromatic carbocycles. The van der Waals surface area contributed by atoms with Gasteiger partial charge >= 0.3 is 0 Å². The van der Waals surface area contributed by atoms with Gasteiger partial charge in [0.15, 0.2) is 0 Å². The second-order valence-electron chi connectivity index (χ2n) is 24.1. The largest absolute Gasteiger partial charge is 0.497 e. The molecule has 0 radical (unpaired) electrons. The molecule has 0 fully saturated rings. The van der Waals surface area contributed by atoms with Crippen molar-refractivity contribution in [3.63, 3.8) is 0 Å². The van der Waals surface area contributed by atoms with Crippen LogP contribution in [0.1, 0.15) is 104 Å². The Morgan fingerprint density at radius 3 is 0.825 bits per heavy atom. The first-order valence-electron chi connectivity index (χ1n) is 34.6. The molecule has 10 rings (SSSR count). The molecule has 3 aromatic heterocycles. The number of H-pyrrole nitrogens is 3. The summed E-state index contributed by atoms with van der Waals surface area (Å²) in [6.07, 6.45) is 12.9. The van der Waals surface area contributed by atoms with Crippen LogP contribution in [0.4, 0.5) is 0 Å². The van der Waals surface area contributed by atoms with Gasteiger partial charge in [-0.25, -0.2) is 0 Å². The van der Waals surface area contributed by atoms with Gasteiger partial charge in [-0.3, -0.25) is 15.3 Å². The lowest BCUT2D eigenvalue weighted by Crippen LogP contribution is -2.19. The van der Waals surface area contributed by atoms with Crippen molar-refractivity contribution in [3.05, 3.63) is 211 Å². The molecule has 4 N–H and O–H groups in total. The molecule has 0 bridgehead atoms. The number of aromatic nitrogens is 6. The second-order valence-corrected chi connectivity index (χ2v) is 24.1. The second kappa shape index (κ2) is 47.4. The lowest BCUT2D eigenvalue weighted by Gasteiger charge is -2.16. The van der Waals surface area contributed by atoms with Crippen LogP contribution in [0.3, 0.4) is 0 Å². The van der Waals surface area contributed by atoms with Crippen LogP contribution in [0, 0.1) is 0 Å². The van der Waals surface area contributed by atoms with Gasteiger partial charge < -0.3 is 67.2 Å². The summed E-state index contributed by atoms with van der Waals surface area (Å²) in [5.74, 6) is 7.78. The number of ether oxygens (including phenoxy) is 10. The molecule has 0 spiro atoms. The number of hydrogen-bond donors (Lipinski definition) is 4. The molecule has 0 aliphatic rings. The molecule has 0 aliphatic carbocycles. The van der Waals surface area contributed by atoms with Gasteiger partial charge in [-0.15, -0.1) is 0 Å². The SMILES string of the molecule is C.C.C.CCCCN(C)Cc1cn[nH]c1-c1ccc(OCCOc2ccc(CO)cc2)cc1.CCCCN(C)Cc1cn[nH]c1-c1ccc(OCCOc2ccc(OC)cc2)cc1.CCCCN(C)Cc1cn[nH]c1-c1ccc(OCCOc2ccc(Oc3ccc(OCCOC)cc3)cc2)cc1. The van der Waals surface area contributed by atoms with Crippen LogP contribution in [0.15, 0.2) is 188 Å². The van der Waals surface area contributed by atoms with Crippen molar-refractivity contribution in [1.29, 1.82) is 0 Å². The Labute approximate surface area is 612 Å².